The number of carbonyl (C=O) groups is 7. The molecule has 174 valence electrons. The molecule has 11 N–H and O–H groups in total. The molecule has 0 aromatic rings. The molecule has 0 fully saturated rings. The van der Waals surface area contributed by atoms with Crippen LogP contribution < -0.4 is 27.4 Å². The number of nitrogens with two attached hydrogens (primary N) is 2. The molecule has 0 aromatic heterocycles. The van der Waals surface area contributed by atoms with Crippen molar-refractivity contribution >= 4 is 41.5 Å². The molecule has 0 radical (unpaired) electrons. The van der Waals surface area contributed by atoms with E-state index in [1.165, 1.54) is 0 Å². The minimum absolute atomic E-state index is 0.822. The highest BCUT2D eigenvalue weighted by atomic mass is 16.4. The van der Waals surface area contributed by atoms with Gasteiger partial charge in [-0.05, 0) is 0 Å². The number of carboxylic acid groups (broad SMARTS) is 3. The van der Waals surface area contributed by atoms with Crippen LogP contribution in [0.25, 0.3) is 0 Å². The fourth-order valence-electron chi connectivity index (χ4n) is 2.08. The molecule has 31 heavy (non-hydrogen) atoms. The molecule has 16 nitrogen and oxygen atoms in total. The van der Waals surface area contributed by atoms with E-state index >= 15 is 0 Å². The Morgan fingerprint density at radius 2 is 1.10 bits per heavy atom. The number of aliphatic hydroxyl groups is 1. The number of nitrogens with one attached hydrogen (secondary N) is 3. The Morgan fingerprint density at radius 1 is 0.677 bits per heavy atom. The van der Waals surface area contributed by atoms with Gasteiger partial charge in [-0.15, -0.1) is 0 Å². The molecule has 0 aliphatic heterocycles. The first-order valence-corrected chi connectivity index (χ1v) is 8.50. The van der Waals surface area contributed by atoms with E-state index in [0.29, 0.717) is 0 Å². The third kappa shape index (κ3) is 10.5. The second kappa shape index (κ2) is 12.7. The number of primary amides is 1. The maximum atomic E-state index is 12.4. The molecule has 0 heterocycles. The number of amides is 4. The van der Waals surface area contributed by atoms with E-state index in [1.54, 1.807) is 0 Å². The molecule has 0 aliphatic carbocycles. The van der Waals surface area contributed by atoms with Crippen LogP contribution in [0.5, 0.6) is 0 Å². The van der Waals surface area contributed by atoms with Crippen molar-refractivity contribution in [2.24, 2.45) is 11.5 Å². The topological polar surface area (TPSA) is 289 Å². The molecule has 16 heteroatoms. The molecule has 0 aliphatic rings. The summed E-state index contributed by atoms with van der Waals surface area (Å²) in [6, 6.07) is -7.00. The summed E-state index contributed by atoms with van der Waals surface area (Å²) in [6.45, 7) is -1.02. The van der Waals surface area contributed by atoms with Crippen molar-refractivity contribution in [1.82, 2.24) is 16.0 Å². The molecule has 4 unspecified atom stereocenters. The van der Waals surface area contributed by atoms with Crippen molar-refractivity contribution in [3.05, 3.63) is 0 Å². The normalized spacial score (nSPS) is 14.3. The lowest BCUT2D eigenvalue weighted by Gasteiger charge is -2.23. The van der Waals surface area contributed by atoms with E-state index in [1.807, 2.05) is 16.0 Å². The summed E-state index contributed by atoms with van der Waals surface area (Å²) in [5.74, 6) is -9.41. The molecule has 0 bridgehead atoms. The number of aliphatic carboxylic acids is 3. The van der Waals surface area contributed by atoms with Gasteiger partial charge in [0, 0.05) is 0 Å². The standard InChI is InChI=1S/C15H23N5O11/c16-5(1-10(23)24)12(27)18-7(3-11(25)26)14(29)19-6(2-9(17)22)13(28)20-8(4-21)15(30)31/h5-8,21H,1-4,16H2,(H2,17,22)(H,18,27)(H,19,29)(H,20,28)(H,23,24)(H,25,26)(H,30,31). The third-order valence-corrected chi connectivity index (χ3v) is 3.58. The summed E-state index contributed by atoms with van der Waals surface area (Å²) in [5, 5.41) is 41.1. The van der Waals surface area contributed by atoms with Crippen molar-refractivity contribution < 1.29 is 54.0 Å². The fraction of sp³-hybridized carbons (Fsp3) is 0.533. The average molecular weight is 449 g/mol. The van der Waals surface area contributed by atoms with Crippen LogP contribution in [0.3, 0.4) is 0 Å². The van der Waals surface area contributed by atoms with Crippen molar-refractivity contribution in [3.8, 4) is 0 Å². The largest absolute Gasteiger partial charge is 0.481 e. The van der Waals surface area contributed by atoms with Crippen LogP contribution in [-0.2, 0) is 33.6 Å². The first-order valence-electron chi connectivity index (χ1n) is 8.50. The quantitative estimate of drug-likeness (QED) is 0.120. The van der Waals surface area contributed by atoms with E-state index in [-0.39, 0.29) is 0 Å². The highest BCUT2D eigenvalue weighted by Crippen LogP contribution is 2.01. The van der Waals surface area contributed by atoms with Gasteiger partial charge in [0.1, 0.15) is 18.1 Å². The van der Waals surface area contributed by atoms with Gasteiger partial charge in [-0.2, -0.15) is 0 Å². The van der Waals surface area contributed by atoms with E-state index in [4.69, 9.17) is 31.9 Å². The summed E-state index contributed by atoms with van der Waals surface area (Å²) in [7, 11) is 0. The lowest BCUT2D eigenvalue weighted by atomic mass is 10.1. The van der Waals surface area contributed by atoms with Crippen molar-refractivity contribution in [2.45, 2.75) is 43.4 Å². The first-order chi connectivity index (χ1) is 14.3. The Hall–Kier alpha value is -3.79. The predicted molar refractivity (Wildman–Crippen MR) is 96.8 cm³/mol. The average Bonchev–Trinajstić information content (AvgIpc) is 2.62. The Balaban J connectivity index is 5.47. The van der Waals surface area contributed by atoms with Crippen LogP contribution in [0.4, 0.5) is 0 Å². The SMILES string of the molecule is NC(=O)CC(NC(=O)C(CC(=O)O)NC(=O)C(N)CC(=O)O)C(=O)NC(CO)C(=O)O. The zero-order valence-electron chi connectivity index (χ0n) is 15.9. The molecular formula is C15H23N5O11. The minimum atomic E-state index is -1.83. The van der Waals surface area contributed by atoms with Gasteiger partial charge in [0.2, 0.25) is 23.6 Å². The number of aliphatic hydroxyl groups excluding tert-OH is 1. The maximum Gasteiger partial charge on any atom is 0.328 e. The summed E-state index contributed by atoms with van der Waals surface area (Å²) >= 11 is 0. The monoisotopic (exact) mass is 449 g/mol. The zero-order chi connectivity index (χ0) is 24.3. The Labute approximate surface area is 173 Å². The molecule has 4 atom stereocenters. The van der Waals surface area contributed by atoms with E-state index in [0.717, 1.165) is 0 Å². The lowest BCUT2D eigenvalue weighted by molar-refractivity contribution is -0.144. The van der Waals surface area contributed by atoms with Crippen LogP contribution in [0.15, 0.2) is 0 Å². The van der Waals surface area contributed by atoms with Crippen LogP contribution in [0.1, 0.15) is 19.3 Å². The summed E-state index contributed by atoms with van der Waals surface area (Å²) < 4.78 is 0. The van der Waals surface area contributed by atoms with Gasteiger partial charge in [0.05, 0.1) is 31.9 Å². The summed E-state index contributed by atoms with van der Waals surface area (Å²) in [6.07, 6.45) is -2.66. The molecule has 4 amide bonds. The number of hydrogen-bond acceptors (Lipinski definition) is 9. The van der Waals surface area contributed by atoms with E-state index in [9.17, 15) is 33.6 Å². The van der Waals surface area contributed by atoms with Crippen molar-refractivity contribution in [3.63, 3.8) is 0 Å². The highest BCUT2D eigenvalue weighted by molar-refractivity contribution is 5.97. The van der Waals surface area contributed by atoms with Gasteiger partial charge >= 0.3 is 17.9 Å². The van der Waals surface area contributed by atoms with E-state index in [2.05, 4.69) is 0 Å². The Kier molecular flexibility index (Phi) is 11.2. The van der Waals surface area contributed by atoms with Crippen molar-refractivity contribution in [1.29, 1.82) is 0 Å². The Bertz CT molecular complexity index is 741. The zero-order valence-corrected chi connectivity index (χ0v) is 15.9. The number of carbonyl (C=O) groups excluding carboxylic acids is 4. The predicted octanol–water partition coefficient (Wildman–Crippen LogP) is -5.33. The Morgan fingerprint density at radius 3 is 1.48 bits per heavy atom. The molecule has 0 spiro atoms. The minimum Gasteiger partial charge on any atom is -0.481 e. The van der Waals surface area contributed by atoms with Gasteiger partial charge < -0.3 is 47.8 Å². The first kappa shape index (κ1) is 27.2. The van der Waals surface area contributed by atoms with Gasteiger partial charge in [0.15, 0.2) is 0 Å². The number of carboxylic acids is 3. The lowest BCUT2D eigenvalue weighted by Crippen LogP contribution is -2.58. The molecule has 0 saturated carbocycles. The van der Waals surface area contributed by atoms with E-state index < -0.39 is 91.6 Å². The molecule has 0 aromatic carbocycles. The van der Waals surface area contributed by atoms with Crippen LogP contribution in [-0.4, -0.2) is 92.7 Å². The van der Waals surface area contributed by atoms with Crippen LogP contribution >= 0.6 is 0 Å². The van der Waals surface area contributed by atoms with Crippen LogP contribution in [0, 0.1) is 0 Å². The van der Waals surface area contributed by atoms with Crippen LogP contribution in [0.2, 0.25) is 0 Å². The number of hydrogen-bond donors (Lipinski definition) is 9. The van der Waals surface area contributed by atoms with Crippen molar-refractivity contribution in [2.75, 3.05) is 6.61 Å². The smallest absolute Gasteiger partial charge is 0.328 e. The fourth-order valence-corrected chi connectivity index (χ4v) is 2.08. The van der Waals surface area contributed by atoms with Gasteiger partial charge in [-0.1, -0.05) is 0 Å². The highest BCUT2D eigenvalue weighted by Gasteiger charge is 2.32. The third-order valence-electron chi connectivity index (χ3n) is 3.58. The molecule has 0 rings (SSSR count). The summed E-state index contributed by atoms with van der Waals surface area (Å²) in [4.78, 5) is 80.2. The van der Waals surface area contributed by atoms with Gasteiger partial charge in [-0.25, -0.2) is 4.79 Å². The second-order valence-corrected chi connectivity index (χ2v) is 6.18. The van der Waals surface area contributed by atoms with Gasteiger partial charge in [0.25, 0.3) is 0 Å². The number of rotatable bonds is 14. The van der Waals surface area contributed by atoms with Gasteiger partial charge in [-0.3, -0.25) is 28.8 Å². The molecule has 0 saturated heterocycles. The summed E-state index contributed by atoms with van der Waals surface area (Å²) in [5.41, 5.74) is 10.3. The second-order valence-electron chi connectivity index (χ2n) is 6.18. The molecular weight excluding hydrogens is 426 g/mol. The maximum absolute atomic E-state index is 12.4.